The molecule has 0 N–H and O–H groups in total. The molecule has 0 saturated carbocycles. The summed E-state index contributed by atoms with van der Waals surface area (Å²) in [6, 6.07) is 9.24. The van der Waals surface area contributed by atoms with Gasteiger partial charge in [0.2, 0.25) is 0 Å². The second-order valence-corrected chi connectivity index (χ2v) is 4.39. The molecule has 3 aromatic rings. The fraction of sp³-hybridized carbons (Fsp3) is 0. The van der Waals surface area contributed by atoms with E-state index in [4.69, 9.17) is 0 Å². The van der Waals surface area contributed by atoms with Crippen molar-refractivity contribution >= 4 is 22.3 Å². The average Bonchev–Trinajstić information content (AvgIpc) is 2.88. The van der Waals surface area contributed by atoms with Crippen molar-refractivity contribution in [1.29, 1.82) is 0 Å². The number of hydrogen-bond donors (Lipinski definition) is 0. The van der Waals surface area contributed by atoms with E-state index in [-0.39, 0.29) is 35.3 Å². The normalized spacial score (nSPS) is 10.2. The third kappa shape index (κ3) is 2.10. The molecule has 18 heavy (non-hydrogen) atoms. The van der Waals surface area contributed by atoms with E-state index >= 15 is 0 Å². The van der Waals surface area contributed by atoms with E-state index in [0.717, 1.165) is 5.56 Å². The SMILES string of the molecule is O=C([O-])c1c(-c2ccccc2)nc2sccn12.[Na+]. The summed E-state index contributed by atoms with van der Waals surface area (Å²) in [4.78, 5) is 16.2. The Labute approximate surface area is 129 Å². The van der Waals surface area contributed by atoms with Crippen LogP contribution in [0.4, 0.5) is 0 Å². The maximum atomic E-state index is 11.2. The van der Waals surface area contributed by atoms with Crippen molar-refractivity contribution in [1.82, 2.24) is 9.38 Å². The fourth-order valence-corrected chi connectivity index (χ4v) is 2.49. The minimum atomic E-state index is -1.21. The van der Waals surface area contributed by atoms with Crippen molar-refractivity contribution in [3.63, 3.8) is 0 Å². The van der Waals surface area contributed by atoms with Gasteiger partial charge in [-0.2, -0.15) is 0 Å². The predicted molar refractivity (Wildman–Crippen MR) is 62.8 cm³/mol. The van der Waals surface area contributed by atoms with Gasteiger partial charge in [-0.05, 0) is 0 Å². The molecule has 1 aromatic carbocycles. The van der Waals surface area contributed by atoms with Crippen molar-refractivity contribution < 1.29 is 39.5 Å². The summed E-state index contributed by atoms with van der Waals surface area (Å²) < 4.78 is 1.54. The molecule has 0 aliphatic rings. The van der Waals surface area contributed by atoms with Crippen molar-refractivity contribution in [2.75, 3.05) is 0 Å². The quantitative estimate of drug-likeness (QED) is 0.527. The topological polar surface area (TPSA) is 57.4 Å². The van der Waals surface area contributed by atoms with E-state index in [0.29, 0.717) is 10.7 Å². The van der Waals surface area contributed by atoms with Crippen LogP contribution >= 0.6 is 11.3 Å². The summed E-state index contributed by atoms with van der Waals surface area (Å²) in [7, 11) is 0. The number of thiazole rings is 1. The zero-order valence-corrected chi connectivity index (χ0v) is 12.5. The summed E-state index contributed by atoms with van der Waals surface area (Å²) in [6.07, 6.45) is 1.69. The first-order valence-corrected chi connectivity index (χ1v) is 5.87. The number of carboxylic acids is 1. The molecule has 0 fully saturated rings. The van der Waals surface area contributed by atoms with Crippen molar-refractivity contribution in [3.05, 3.63) is 47.6 Å². The van der Waals surface area contributed by atoms with Gasteiger partial charge in [-0.15, -0.1) is 11.3 Å². The van der Waals surface area contributed by atoms with Gasteiger partial charge in [-0.25, -0.2) is 4.98 Å². The molecule has 0 aliphatic heterocycles. The summed E-state index contributed by atoms with van der Waals surface area (Å²) in [6.45, 7) is 0. The number of rotatable bonds is 2. The molecule has 3 rings (SSSR count). The Kier molecular flexibility index (Phi) is 3.87. The second kappa shape index (κ2) is 5.24. The van der Waals surface area contributed by atoms with E-state index in [1.165, 1.54) is 11.3 Å². The van der Waals surface area contributed by atoms with Crippen LogP contribution in [0.5, 0.6) is 0 Å². The fourth-order valence-electron chi connectivity index (χ4n) is 1.78. The molecule has 6 heteroatoms. The maximum Gasteiger partial charge on any atom is 1.00 e. The average molecular weight is 266 g/mol. The van der Waals surface area contributed by atoms with Crippen LogP contribution in [0.3, 0.4) is 0 Å². The zero-order valence-electron chi connectivity index (χ0n) is 9.66. The Hall–Kier alpha value is -1.14. The Morgan fingerprint density at radius 3 is 2.67 bits per heavy atom. The molecule has 0 saturated heterocycles. The molecular weight excluding hydrogens is 259 g/mol. The van der Waals surface area contributed by atoms with E-state index in [9.17, 15) is 9.90 Å². The first kappa shape index (κ1) is 13.3. The standard InChI is InChI=1S/C12H8N2O2S.Na/c15-11(16)10-9(8-4-2-1-3-5-8)13-12-14(10)6-7-17-12;/h1-7H,(H,15,16);/q;+1/p-1. The summed E-state index contributed by atoms with van der Waals surface area (Å²) in [5.41, 5.74) is 1.34. The first-order chi connectivity index (χ1) is 8.27. The number of benzene rings is 1. The van der Waals surface area contributed by atoms with Gasteiger partial charge >= 0.3 is 29.6 Å². The van der Waals surface area contributed by atoms with Gasteiger partial charge in [0.15, 0.2) is 4.96 Å². The Morgan fingerprint density at radius 2 is 2.00 bits per heavy atom. The van der Waals surface area contributed by atoms with Crippen LogP contribution in [0, 0.1) is 0 Å². The van der Waals surface area contributed by atoms with Gasteiger partial charge in [-0.1, -0.05) is 30.3 Å². The molecular formula is C12H7N2NaO2S. The number of imidazole rings is 1. The minimum Gasteiger partial charge on any atom is -0.543 e. The molecule has 0 unspecified atom stereocenters. The third-order valence-corrected chi connectivity index (χ3v) is 3.26. The number of carbonyl (C=O) groups is 1. The monoisotopic (exact) mass is 266 g/mol. The van der Waals surface area contributed by atoms with Gasteiger partial charge in [-0.3, -0.25) is 4.40 Å². The molecule has 0 radical (unpaired) electrons. The van der Waals surface area contributed by atoms with Gasteiger partial charge < -0.3 is 9.90 Å². The molecule has 0 spiro atoms. The number of aromatic carboxylic acids is 1. The summed E-state index contributed by atoms with van der Waals surface area (Å²) >= 11 is 1.40. The molecule has 0 bridgehead atoms. The zero-order chi connectivity index (χ0) is 11.8. The Bertz CT molecular complexity index is 690. The molecule has 0 amide bonds. The van der Waals surface area contributed by atoms with Crippen molar-refractivity contribution in [2.24, 2.45) is 0 Å². The van der Waals surface area contributed by atoms with Crippen LogP contribution in [0.2, 0.25) is 0 Å². The molecule has 0 aliphatic carbocycles. The second-order valence-electron chi connectivity index (χ2n) is 3.52. The van der Waals surface area contributed by atoms with E-state index in [2.05, 4.69) is 4.98 Å². The van der Waals surface area contributed by atoms with Gasteiger partial charge in [0.1, 0.15) is 0 Å². The van der Waals surface area contributed by atoms with E-state index in [1.807, 2.05) is 30.3 Å². The van der Waals surface area contributed by atoms with E-state index < -0.39 is 5.97 Å². The molecule has 0 atom stereocenters. The Balaban J connectivity index is 0.00000120. The number of hydrogen-bond acceptors (Lipinski definition) is 4. The number of nitrogens with zero attached hydrogens (tertiary/aromatic N) is 2. The van der Waals surface area contributed by atoms with Gasteiger partial charge in [0.05, 0.1) is 17.4 Å². The number of carbonyl (C=O) groups excluding carboxylic acids is 1. The number of aromatic nitrogens is 2. The molecule has 2 heterocycles. The Morgan fingerprint density at radius 1 is 1.28 bits per heavy atom. The van der Waals surface area contributed by atoms with Crippen LogP contribution in [-0.4, -0.2) is 15.4 Å². The molecule has 2 aromatic heterocycles. The van der Waals surface area contributed by atoms with Gasteiger partial charge in [0, 0.05) is 17.1 Å². The van der Waals surface area contributed by atoms with Gasteiger partial charge in [0.25, 0.3) is 0 Å². The summed E-state index contributed by atoms with van der Waals surface area (Å²) in [5, 5.41) is 13.0. The van der Waals surface area contributed by atoms with Crippen LogP contribution in [0.15, 0.2) is 41.9 Å². The van der Waals surface area contributed by atoms with Crippen molar-refractivity contribution in [3.8, 4) is 11.3 Å². The first-order valence-electron chi connectivity index (χ1n) is 4.99. The van der Waals surface area contributed by atoms with Crippen LogP contribution in [0.1, 0.15) is 10.5 Å². The van der Waals surface area contributed by atoms with Crippen LogP contribution < -0.4 is 34.7 Å². The predicted octanol–water partition coefficient (Wildman–Crippen LogP) is -1.57. The van der Waals surface area contributed by atoms with Crippen LogP contribution in [0.25, 0.3) is 16.2 Å². The minimum absolute atomic E-state index is 0. The largest absolute Gasteiger partial charge is 1.00 e. The van der Waals surface area contributed by atoms with Crippen LogP contribution in [-0.2, 0) is 0 Å². The van der Waals surface area contributed by atoms with E-state index in [1.54, 1.807) is 16.0 Å². The molecule has 84 valence electrons. The molecule has 4 nitrogen and oxygen atoms in total. The number of carboxylic acid groups (broad SMARTS) is 1. The number of fused-ring (bicyclic) bond motifs is 1. The smallest absolute Gasteiger partial charge is 0.543 e. The van der Waals surface area contributed by atoms with Crippen molar-refractivity contribution in [2.45, 2.75) is 0 Å². The summed E-state index contributed by atoms with van der Waals surface area (Å²) in [5.74, 6) is -1.21. The third-order valence-electron chi connectivity index (χ3n) is 2.50. The maximum absolute atomic E-state index is 11.2.